The van der Waals surface area contributed by atoms with Gasteiger partial charge in [-0.25, -0.2) is 4.98 Å². The highest BCUT2D eigenvalue weighted by Gasteiger charge is 2.28. The molecule has 0 radical (unpaired) electrons. The van der Waals surface area contributed by atoms with Crippen molar-refractivity contribution in [1.29, 1.82) is 0 Å². The van der Waals surface area contributed by atoms with Crippen molar-refractivity contribution >= 4 is 135 Å². The number of hydrogen-bond acceptors (Lipinski definition) is 3. The van der Waals surface area contributed by atoms with Crippen LogP contribution in [0.3, 0.4) is 0 Å². The van der Waals surface area contributed by atoms with Crippen LogP contribution in [0.2, 0.25) is 0 Å². The molecule has 5 nitrogen and oxygen atoms in total. The minimum absolute atomic E-state index is 0.659. The third kappa shape index (κ3) is 3.74. The molecule has 0 spiro atoms. The van der Waals surface area contributed by atoms with Gasteiger partial charge in [0.05, 0.1) is 48.8 Å². The molecule has 0 saturated heterocycles. The second-order valence-electron chi connectivity index (χ2n) is 16.1. The normalized spacial score (nSPS) is 12.7. The van der Waals surface area contributed by atoms with E-state index < -0.39 is 0 Å². The fourth-order valence-electron chi connectivity index (χ4n) is 10.7. The number of benzene rings is 9. The van der Waals surface area contributed by atoms with Gasteiger partial charge in [-0.1, -0.05) is 140 Å². The first-order valence-electron chi connectivity index (χ1n) is 20.4. The predicted molar refractivity (Wildman–Crippen MR) is 253 cm³/mol. The Kier molecular flexibility index (Phi) is 5.74. The molecule has 0 aliphatic rings. The highest BCUT2D eigenvalue weighted by molar-refractivity contribution is 7.26. The fourth-order valence-corrected chi connectivity index (χ4v) is 11.9. The van der Waals surface area contributed by atoms with Crippen LogP contribution in [0, 0.1) is 0 Å². The van der Waals surface area contributed by atoms with E-state index in [1.54, 1.807) is 11.3 Å². The molecule has 276 valence electrons. The van der Waals surface area contributed by atoms with E-state index in [-0.39, 0.29) is 0 Å². The third-order valence-electron chi connectivity index (χ3n) is 13.1. The van der Waals surface area contributed by atoms with E-state index in [1.165, 1.54) is 91.4 Å². The fraction of sp³-hybridized carbons (Fsp3) is 0. The molecule has 0 fully saturated rings. The maximum atomic E-state index is 5.80. The topological polar surface area (TPSA) is 40.0 Å². The minimum Gasteiger partial charge on any atom is -0.307 e. The van der Waals surface area contributed by atoms with Gasteiger partial charge in [0.1, 0.15) is 0 Å². The zero-order valence-corrected chi connectivity index (χ0v) is 32.7. The van der Waals surface area contributed by atoms with Crippen LogP contribution < -0.4 is 0 Å². The highest BCUT2D eigenvalue weighted by atomic mass is 32.1. The van der Waals surface area contributed by atoms with Gasteiger partial charge in [-0.3, -0.25) is 9.13 Å². The maximum absolute atomic E-state index is 5.80. The van der Waals surface area contributed by atoms with E-state index in [9.17, 15) is 0 Å². The van der Waals surface area contributed by atoms with Gasteiger partial charge < -0.3 is 4.40 Å². The second-order valence-corrected chi connectivity index (χ2v) is 17.1. The van der Waals surface area contributed by atoms with Crippen LogP contribution in [0.5, 0.6) is 0 Å². The molecule has 0 atom stereocenters. The largest absolute Gasteiger partial charge is 0.307 e. The zero-order chi connectivity index (χ0) is 38.8. The number of nitrogens with zero attached hydrogens (tertiary/aromatic N) is 5. The predicted octanol–water partition coefficient (Wildman–Crippen LogP) is 14.5. The molecule has 0 aliphatic carbocycles. The Morgan fingerprint density at radius 2 is 0.967 bits per heavy atom. The molecule has 6 heterocycles. The SMILES string of the molecule is c1ccc2c(c1)ccc1c2c2ccccc2n1-c1nc(-n2c3ccccc3c3cc4c5ccccc5n5c6c7ccccc7ccc6c(c32)c45)c2sc3ccccc3c2n1. The van der Waals surface area contributed by atoms with Gasteiger partial charge in [-0.15, -0.1) is 11.3 Å². The Morgan fingerprint density at radius 3 is 1.78 bits per heavy atom. The number of rotatable bonds is 2. The number of para-hydroxylation sites is 3. The zero-order valence-electron chi connectivity index (χ0n) is 31.9. The van der Waals surface area contributed by atoms with Gasteiger partial charge in [0.25, 0.3) is 0 Å². The molecule has 6 aromatic heterocycles. The molecule has 15 rings (SSSR count). The van der Waals surface area contributed by atoms with Crippen molar-refractivity contribution in [3.63, 3.8) is 0 Å². The summed E-state index contributed by atoms with van der Waals surface area (Å²) in [6.07, 6.45) is 0. The summed E-state index contributed by atoms with van der Waals surface area (Å²) in [6, 6.07) is 64.2. The summed E-state index contributed by atoms with van der Waals surface area (Å²) < 4.78 is 9.55. The molecule has 15 aromatic rings. The summed E-state index contributed by atoms with van der Waals surface area (Å²) in [5.41, 5.74) is 9.14. The Labute approximate surface area is 344 Å². The van der Waals surface area contributed by atoms with Gasteiger partial charge in [-0.2, -0.15) is 4.98 Å². The average Bonchev–Trinajstić information content (AvgIpc) is 4.10. The molecule has 0 saturated carbocycles. The molecule has 0 amide bonds. The standard InChI is InChI=1S/C54H29N5S/c1-3-15-32-30(13-1)26-28-44-46(32)36-19-7-11-23-43(36)57(44)54-55-48-37-20-8-12-24-45(37)60-52(48)53(56-54)59-42-22-10-6-18-35(42)40-29-39-34-17-5-9-21-41(34)58-49-33-16-4-2-14-31(33)25-27-38(49)47(50(39)58)51(40)59/h1-29H. The van der Waals surface area contributed by atoms with E-state index in [4.69, 9.17) is 9.97 Å². The smallest absolute Gasteiger partial charge is 0.237 e. The number of hydrogen-bond donors (Lipinski definition) is 0. The van der Waals surface area contributed by atoms with E-state index in [1.807, 2.05) is 0 Å². The van der Waals surface area contributed by atoms with Crippen LogP contribution in [-0.2, 0) is 0 Å². The van der Waals surface area contributed by atoms with Crippen molar-refractivity contribution in [3.8, 4) is 11.8 Å². The van der Waals surface area contributed by atoms with E-state index >= 15 is 0 Å². The molecule has 6 heteroatoms. The van der Waals surface area contributed by atoms with Crippen molar-refractivity contribution in [3.05, 3.63) is 176 Å². The van der Waals surface area contributed by atoms with E-state index in [0.717, 1.165) is 38.0 Å². The highest BCUT2D eigenvalue weighted by Crippen LogP contribution is 2.49. The van der Waals surface area contributed by atoms with Gasteiger partial charge in [0.2, 0.25) is 5.95 Å². The van der Waals surface area contributed by atoms with Crippen LogP contribution in [-0.4, -0.2) is 23.5 Å². The first-order chi connectivity index (χ1) is 29.8. The van der Waals surface area contributed by atoms with E-state index in [2.05, 4.69) is 189 Å². The summed E-state index contributed by atoms with van der Waals surface area (Å²) in [4.78, 5) is 11.4. The lowest BCUT2D eigenvalue weighted by Crippen LogP contribution is -2.06. The van der Waals surface area contributed by atoms with Crippen molar-refractivity contribution in [2.75, 3.05) is 0 Å². The van der Waals surface area contributed by atoms with Gasteiger partial charge in [0, 0.05) is 58.6 Å². The van der Waals surface area contributed by atoms with Crippen LogP contribution in [0.1, 0.15) is 0 Å². The third-order valence-corrected chi connectivity index (χ3v) is 14.3. The molecule has 0 N–H and O–H groups in total. The molecule has 0 unspecified atom stereocenters. The lowest BCUT2D eigenvalue weighted by molar-refractivity contribution is 0.977. The molecular weight excluding hydrogens is 751 g/mol. The Hall–Kier alpha value is -7.80. The van der Waals surface area contributed by atoms with Crippen molar-refractivity contribution in [2.24, 2.45) is 0 Å². The molecule has 0 aliphatic heterocycles. The number of thiophene rings is 1. The Bertz CT molecular complexity index is 4370. The van der Waals surface area contributed by atoms with Crippen LogP contribution in [0.15, 0.2) is 176 Å². The average molecular weight is 780 g/mol. The second kappa shape index (κ2) is 11.0. The summed E-state index contributed by atoms with van der Waals surface area (Å²) in [6.45, 7) is 0. The molecule has 0 bridgehead atoms. The van der Waals surface area contributed by atoms with E-state index in [0.29, 0.717) is 5.95 Å². The van der Waals surface area contributed by atoms with Crippen LogP contribution in [0.25, 0.3) is 135 Å². The Morgan fingerprint density at radius 1 is 0.367 bits per heavy atom. The summed E-state index contributed by atoms with van der Waals surface area (Å²) in [7, 11) is 0. The van der Waals surface area contributed by atoms with Crippen molar-refractivity contribution < 1.29 is 0 Å². The summed E-state index contributed by atoms with van der Waals surface area (Å²) in [5.74, 6) is 1.55. The van der Waals surface area contributed by atoms with Crippen LogP contribution in [0.4, 0.5) is 0 Å². The number of aromatic nitrogens is 5. The van der Waals surface area contributed by atoms with Crippen molar-refractivity contribution in [1.82, 2.24) is 23.5 Å². The number of fused-ring (bicyclic) bond motifs is 20. The quantitative estimate of drug-likeness (QED) is 0.175. The van der Waals surface area contributed by atoms with Crippen molar-refractivity contribution in [2.45, 2.75) is 0 Å². The lowest BCUT2D eigenvalue weighted by Gasteiger charge is -2.13. The Balaban J connectivity index is 1.18. The lowest BCUT2D eigenvalue weighted by atomic mass is 10.0. The molecule has 9 aromatic carbocycles. The first-order valence-corrected chi connectivity index (χ1v) is 21.2. The molecular formula is C54H29N5S. The van der Waals surface area contributed by atoms with Gasteiger partial charge >= 0.3 is 0 Å². The minimum atomic E-state index is 0.659. The van der Waals surface area contributed by atoms with Crippen LogP contribution >= 0.6 is 11.3 Å². The van der Waals surface area contributed by atoms with Gasteiger partial charge in [0.15, 0.2) is 5.82 Å². The maximum Gasteiger partial charge on any atom is 0.237 e. The molecule has 60 heavy (non-hydrogen) atoms. The summed E-state index contributed by atoms with van der Waals surface area (Å²) in [5, 5.41) is 15.9. The van der Waals surface area contributed by atoms with Gasteiger partial charge in [-0.05, 0) is 52.6 Å². The first kappa shape index (κ1) is 31.2. The monoisotopic (exact) mass is 779 g/mol. The summed E-state index contributed by atoms with van der Waals surface area (Å²) >= 11 is 1.78.